The van der Waals surface area contributed by atoms with Crippen LogP contribution in [0.5, 0.6) is 0 Å². The zero-order chi connectivity index (χ0) is 12.7. The van der Waals surface area contributed by atoms with Crippen LogP contribution >= 0.6 is 0 Å². The number of amides is 1. The van der Waals surface area contributed by atoms with Crippen molar-refractivity contribution in [3.8, 4) is 0 Å². The number of carbonyl (C=O) groups excluding carboxylic acids is 1. The molecule has 94 valence electrons. The van der Waals surface area contributed by atoms with Gasteiger partial charge in [0.05, 0.1) is 19.1 Å². The number of aliphatic hydroxyl groups excluding tert-OH is 1. The Balaban J connectivity index is 2.42. The van der Waals surface area contributed by atoms with Crippen molar-refractivity contribution in [2.24, 2.45) is 0 Å². The van der Waals surface area contributed by atoms with Crippen molar-refractivity contribution in [2.45, 2.75) is 12.5 Å². The van der Waals surface area contributed by atoms with Crippen molar-refractivity contribution in [3.63, 3.8) is 0 Å². The van der Waals surface area contributed by atoms with Gasteiger partial charge in [-0.25, -0.2) is 0 Å². The Morgan fingerprint density at radius 1 is 1.59 bits per heavy atom. The summed E-state index contributed by atoms with van der Waals surface area (Å²) in [6.45, 7) is 0.487. The molecule has 0 bridgehead atoms. The molecule has 1 amide bonds. The summed E-state index contributed by atoms with van der Waals surface area (Å²) in [7, 11) is 3.17. The van der Waals surface area contributed by atoms with E-state index in [2.05, 4.69) is 4.98 Å². The molecule has 1 aromatic rings. The Labute approximate surface area is 101 Å². The maximum Gasteiger partial charge on any atom is 0.228 e. The van der Waals surface area contributed by atoms with Crippen LogP contribution in [0.2, 0.25) is 0 Å². The first-order valence-electron chi connectivity index (χ1n) is 5.44. The van der Waals surface area contributed by atoms with Crippen LogP contribution in [0, 0.1) is 0 Å². The monoisotopic (exact) mass is 238 g/mol. The smallest absolute Gasteiger partial charge is 0.228 e. The van der Waals surface area contributed by atoms with Crippen molar-refractivity contribution < 1.29 is 14.6 Å². The lowest BCUT2D eigenvalue weighted by Crippen LogP contribution is -2.37. The minimum absolute atomic E-state index is 0.0705. The van der Waals surface area contributed by atoms with Gasteiger partial charge in [0.1, 0.15) is 0 Å². The van der Waals surface area contributed by atoms with E-state index in [1.165, 1.54) is 12.0 Å². The second-order valence-electron chi connectivity index (χ2n) is 3.88. The molecule has 5 nitrogen and oxygen atoms in total. The quantitative estimate of drug-likeness (QED) is 0.763. The fourth-order valence-corrected chi connectivity index (χ4v) is 1.46. The Morgan fingerprint density at radius 2 is 2.35 bits per heavy atom. The van der Waals surface area contributed by atoms with Gasteiger partial charge in [0, 0.05) is 32.6 Å². The van der Waals surface area contributed by atoms with Gasteiger partial charge in [0.15, 0.2) is 0 Å². The van der Waals surface area contributed by atoms with Crippen LogP contribution < -0.4 is 0 Å². The van der Waals surface area contributed by atoms with Crippen LogP contribution in [0.25, 0.3) is 0 Å². The van der Waals surface area contributed by atoms with Gasteiger partial charge in [-0.15, -0.1) is 0 Å². The summed E-state index contributed by atoms with van der Waals surface area (Å²) in [6.07, 6.45) is 1.25. The number of ether oxygens (including phenoxy) is 1. The first kappa shape index (κ1) is 13.6. The topological polar surface area (TPSA) is 62.7 Å². The third-order valence-corrected chi connectivity index (χ3v) is 2.33. The van der Waals surface area contributed by atoms with Crippen molar-refractivity contribution >= 4 is 5.91 Å². The van der Waals surface area contributed by atoms with Crippen LogP contribution in [-0.4, -0.2) is 54.3 Å². The van der Waals surface area contributed by atoms with Gasteiger partial charge in [-0.3, -0.25) is 9.78 Å². The highest BCUT2D eigenvalue weighted by Crippen LogP contribution is 1.99. The number of hydrogen-bond donors (Lipinski definition) is 1. The maximum atomic E-state index is 11.8. The standard InChI is InChI=1S/C12H18N2O3/c1-14(8-11(15)9-17-2)12(16)7-10-5-3-4-6-13-10/h3-6,11,15H,7-9H2,1-2H3. The van der Waals surface area contributed by atoms with Gasteiger partial charge in [-0.1, -0.05) is 6.07 Å². The SMILES string of the molecule is COCC(O)CN(C)C(=O)Cc1ccccn1. The number of pyridine rings is 1. The molecule has 0 radical (unpaired) electrons. The molecule has 0 aliphatic rings. The van der Waals surface area contributed by atoms with Crippen molar-refractivity contribution in [1.29, 1.82) is 0 Å². The third-order valence-electron chi connectivity index (χ3n) is 2.33. The molecule has 1 unspecified atom stereocenters. The molecule has 0 aliphatic carbocycles. The number of hydrogen-bond acceptors (Lipinski definition) is 4. The molecule has 1 N–H and O–H groups in total. The Bertz CT molecular complexity index is 343. The highest BCUT2D eigenvalue weighted by Gasteiger charge is 2.14. The second kappa shape index (κ2) is 6.98. The molecule has 0 saturated heterocycles. The summed E-state index contributed by atoms with van der Waals surface area (Å²) in [5.41, 5.74) is 0.727. The van der Waals surface area contributed by atoms with Crippen LogP contribution in [0.15, 0.2) is 24.4 Å². The van der Waals surface area contributed by atoms with Gasteiger partial charge in [-0.05, 0) is 12.1 Å². The summed E-state index contributed by atoms with van der Waals surface area (Å²) < 4.78 is 4.80. The number of aromatic nitrogens is 1. The molecule has 0 saturated carbocycles. The number of methoxy groups -OCH3 is 1. The summed E-state index contributed by atoms with van der Waals surface area (Å²) in [5, 5.41) is 9.50. The van der Waals surface area contributed by atoms with E-state index in [1.54, 1.807) is 25.4 Å². The molecule has 0 spiro atoms. The van der Waals surface area contributed by atoms with Crippen molar-refractivity contribution in [1.82, 2.24) is 9.88 Å². The molecule has 1 atom stereocenters. The third kappa shape index (κ3) is 4.93. The average Bonchev–Trinajstić information content (AvgIpc) is 2.30. The van der Waals surface area contributed by atoms with E-state index in [9.17, 15) is 9.90 Å². The van der Waals surface area contributed by atoms with E-state index in [0.717, 1.165) is 5.69 Å². The molecular weight excluding hydrogens is 220 g/mol. The minimum atomic E-state index is -0.655. The number of nitrogens with zero attached hydrogens (tertiary/aromatic N) is 2. The molecule has 1 aromatic heterocycles. The molecule has 5 heteroatoms. The summed E-state index contributed by atoms with van der Waals surface area (Å²) >= 11 is 0. The summed E-state index contributed by atoms with van der Waals surface area (Å²) in [4.78, 5) is 17.4. The van der Waals surface area contributed by atoms with E-state index in [0.29, 0.717) is 0 Å². The largest absolute Gasteiger partial charge is 0.389 e. The number of rotatable bonds is 6. The average molecular weight is 238 g/mol. The van der Waals surface area contributed by atoms with Crippen LogP contribution in [-0.2, 0) is 16.0 Å². The minimum Gasteiger partial charge on any atom is -0.389 e. The van der Waals surface area contributed by atoms with E-state index in [4.69, 9.17) is 4.74 Å². The fraction of sp³-hybridized carbons (Fsp3) is 0.500. The zero-order valence-electron chi connectivity index (χ0n) is 10.2. The predicted molar refractivity (Wildman–Crippen MR) is 63.5 cm³/mol. The molecular formula is C12H18N2O3. The van der Waals surface area contributed by atoms with Crippen LogP contribution in [0.4, 0.5) is 0 Å². The Hall–Kier alpha value is -1.46. The summed E-state index contributed by atoms with van der Waals surface area (Å²) in [6, 6.07) is 5.45. The van der Waals surface area contributed by atoms with Crippen LogP contribution in [0.1, 0.15) is 5.69 Å². The zero-order valence-corrected chi connectivity index (χ0v) is 10.2. The number of aliphatic hydroxyl groups is 1. The van der Waals surface area contributed by atoms with Gasteiger partial charge < -0.3 is 14.7 Å². The molecule has 17 heavy (non-hydrogen) atoms. The highest BCUT2D eigenvalue weighted by atomic mass is 16.5. The van der Waals surface area contributed by atoms with Gasteiger partial charge in [-0.2, -0.15) is 0 Å². The highest BCUT2D eigenvalue weighted by molar-refractivity contribution is 5.78. The molecule has 1 rings (SSSR count). The van der Waals surface area contributed by atoms with Gasteiger partial charge in [0.2, 0.25) is 5.91 Å². The predicted octanol–water partition coefficient (Wildman–Crippen LogP) is 0.0898. The number of likely N-dealkylation sites (N-methyl/N-ethyl adjacent to an activating group) is 1. The Morgan fingerprint density at radius 3 is 2.94 bits per heavy atom. The van der Waals surface area contributed by atoms with E-state index >= 15 is 0 Å². The number of carbonyl (C=O) groups is 1. The van der Waals surface area contributed by atoms with Crippen molar-refractivity contribution in [3.05, 3.63) is 30.1 Å². The lowest BCUT2D eigenvalue weighted by molar-refractivity contribution is -0.130. The second-order valence-corrected chi connectivity index (χ2v) is 3.88. The Kier molecular flexibility index (Phi) is 5.59. The fourth-order valence-electron chi connectivity index (χ4n) is 1.46. The molecule has 0 aromatic carbocycles. The molecule has 0 aliphatic heterocycles. The van der Waals surface area contributed by atoms with E-state index in [1.807, 2.05) is 6.07 Å². The van der Waals surface area contributed by atoms with Crippen LogP contribution in [0.3, 0.4) is 0 Å². The first-order valence-corrected chi connectivity index (χ1v) is 5.44. The molecule has 0 fully saturated rings. The van der Waals surface area contributed by atoms with E-state index < -0.39 is 6.10 Å². The van der Waals surface area contributed by atoms with Gasteiger partial charge in [0.25, 0.3) is 0 Å². The van der Waals surface area contributed by atoms with Crippen molar-refractivity contribution in [2.75, 3.05) is 27.3 Å². The maximum absolute atomic E-state index is 11.8. The lowest BCUT2D eigenvalue weighted by atomic mass is 10.2. The normalized spacial score (nSPS) is 12.2. The summed E-state index contributed by atoms with van der Waals surface area (Å²) in [5.74, 6) is -0.0705. The first-order chi connectivity index (χ1) is 8.13. The van der Waals surface area contributed by atoms with Gasteiger partial charge >= 0.3 is 0 Å². The van der Waals surface area contributed by atoms with E-state index in [-0.39, 0.29) is 25.5 Å². The molecule has 1 heterocycles. The lowest BCUT2D eigenvalue weighted by Gasteiger charge is -2.20.